The molecule has 0 saturated carbocycles. The lowest BCUT2D eigenvalue weighted by atomic mass is 9.81. The minimum atomic E-state index is -0.462. The summed E-state index contributed by atoms with van der Waals surface area (Å²) >= 11 is 0. The second-order valence-electron chi connectivity index (χ2n) is 5.65. The molecule has 0 amide bonds. The van der Waals surface area contributed by atoms with E-state index >= 15 is 0 Å². The largest absolute Gasteiger partial charge is 0.465 e. The lowest BCUT2D eigenvalue weighted by Gasteiger charge is -2.27. The van der Waals surface area contributed by atoms with Gasteiger partial charge >= 0.3 is 11.9 Å². The smallest absolute Gasteiger partial charge is 0.317 e. The SMILES string of the molecule is CCCCC(CCC)C1CCOC(=O)CC(=O)OCC1. The molecule has 0 aromatic rings. The summed E-state index contributed by atoms with van der Waals surface area (Å²) in [6.07, 6.45) is 7.56. The minimum Gasteiger partial charge on any atom is -0.465 e. The fraction of sp³-hybridized carbons (Fsp3) is 0.875. The molecule has 0 N–H and O–H groups in total. The third kappa shape index (κ3) is 6.40. The van der Waals surface area contributed by atoms with Gasteiger partial charge in [-0.25, -0.2) is 0 Å². The molecule has 20 heavy (non-hydrogen) atoms. The predicted molar refractivity (Wildman–Crippen MR) is 77.2 cm³/mol. The Morgan fingerprint density at radius 1 is 1.00 bits per heavy atom. The van der Waals surface area contributed by atoms with Gasteiger partial charge in [0.15, 0.2) is 0 Å². The zero-order valence-corrected chi connectivity index (χ0v) is 12.9. The van der Waals surface area contributed by atoms with Gasteiger partial charge in [0.05, 0.1) is 13.2 Å². The third-order valence-corrected chi connectivity index (χ3v) is 4.05. The van der Waals surface area contributed by atoms with Crippen molar-refractivity contribution in [2.24, 2.45) is 11.8 Å². The maximum atomic E-state index is 11.4. The Morgan fingerprint density at radius 3 is 2.10 bits per heavy atom. The van der Waals surface area contributed by atoms with Gasteiger partial charge in [0.25, 0.3) is 0 Å². The van der Waals surface area contributed by atoms with Gasteiger partial charge in [0, 0.05) is 0 Å². The van der Waals surface area contributed by atoms with Gasteiger partial charge in [-0.2, -0.15) is 0 Å². The van der Waals surface area contributed by atoms with E-state index in [9.17, 15) is 9.59 Å². The Morgan fingerprint density at radius 2 is 1.60 bits per heavy atom. The van der Waals surface area contributed by atoms with Crippen LogP contribution in [0.15, 0.2) is 0 Å². The van der Waals surface area contributed by atoms with Gasteiger partial charge < -0.3 is 9.47 Å². The van der Waals surface area contributed by atoms with E-state index in [1.165, 1.54) is 32.1 Å². The van der Waals surface area contributed by atoms with E-state index in [0.29, 0.717) is 25.0 Å². The molecule has 0 aromatic carbocycles. The topological polar surface area (TPSA) is 52.6 Å². The van der Waals surface area contributed by atoms with Crippen LogP contribution in [-0.2, 0) is 19.1 Å². The van der Waals surface area contributed by atoms with Crippen LogP contribution in [0.25, 0.3) is 0 Å². The molecule has 0 aromatic heterocycles. The molecular weight excluding hydrogens is 256 g/mol. The molecule has 1 aliphatic rings. The van der Waals surface area contributed by atoms with Crippen LogP contribution in [0, 0.1) is 11.8 Å². The van der Waals surface area contributed by atoms with Crippen LogP contribution < -0.4 is 0 Å². The van der Waals surface area contributed by atoms with Crippen molar-refractivity contribution < 1.29 is 19.1 Å². The van der Waals surface area contributed by atoms with E-state index in [-0.39, 0.29) is 6.42 Å². The van der Waals surface area contributed by atoms with Crippen molar-refractivity contribution in [3.8, 4) is 0 Å². The van der Waals surface area contributed by atoms with E-state index in [1.807, 2.05) is 0 Å². The highest BCUT2D eigenvalue weighted by Crippen LogP contribution is 2.29. The van der Waals surface area contributed by atoms with Gasteiger partial charge in [-0.3, -0.25) is 9.59 Å². The van der Waals surface area contributed by atoms with Crippen molar-refractivity contribution in [3.63, 3.8) is 0 Å². The van der Waals surface area contributed by atoms with Crippen molar-refractivity contribution in [1.82, 2.24) is 0 Å². The molecule has 0 radical (unpaired) electrons. The average molecular weight is 284 g/mol. The molecule has 0 spiro atoms. The molecule has 1 unspecified atom stereocenters. The number of hydrogen-bond acceptors (Lipinski definition) is 4. The van der Waals surface area contributed by atoms with E-state index in [2.05, 4.69) is 13.8 Å². The molecule has 1 saturated heterocycles. The van der Waals surface area contributed by atoms with Crippen LogP contribution in [0.2, 0.25) is 0 Å². The molecule has 4 heteroatoms. The van der Waals surface area contributed by atoms with Gasteiger partial charge in [-0.05, 0) is 24.7 Å². The molecule has 0 aliphatic carbocycles. The number of carbonyl (C=O) groups is 2. The first-order valence-electron chi connectivity index (χ1n) is 7.98. The highest BCUT2D eigenvalue weighted by molar-refractivity contribution is 5.91. The summed E-state index contributed by atoms with van der Waals surface area (Å²) < 4.78 is 10.2. The minimum absolute atomic E-state index is 0.251. The van der Waals surface area contributed by atoms with Crippen LogP contribution in [0.4, 0.5) is 0 Å². The van der Waals surface area contributed by atoms with E-state index in [1.54, 1.807) is 0 Å². The second-order valence-corrected chi connectivity index (χ2v) is 5.65. The molecule has 0 bridgehead atoms. The van der Waals surface area contributed by atoms with Crippen molar-refractivity contribution in [2.45, 2.75) is 65.2 Å². The van der Waals surface area contributed by atoms with Gasteiger partial charge in [-0.1, -0.05) is 46.0 Å². The highest BCUT2D eigenvalue weighted by atomic mass is 16.6. The summed E-state index contributed by atoms with van der Waals surface area (Å²) in [5.74, 6) is 0.212. The summed E-state index contributed by atoms with van der Waals surface area (Å²) in [5.41, 5.74) is 0. The van der Waals surface area contributed by atoms with Crippen LogP contribution in [0.1, 0.15) is 65.2 Å². The van der Waals surface area contributed by atoms with Gasteiger partial charge in [0.1, 0.15) is 6.42 Å². The van der Waals surface area contributed by atoms with E-state index in [4.69, 9.17) is 9.47 Å². The van der Waals surface area contributed by atoms with Crippen molar-refractivity contribution in [1.29, 1.82) is 0 Å². The highest BCUT2D eigenvalue weighted by Gasteiger charge is 2.23. The Balaban J connectivity index is 2.58. The molecule has 116 valence electrons. The Labute approximate surface area is 122 Å². The molecule has 1 atom stereocenters. The maximum absolute atomic E-state index is 11.4. The number of hydrogen-bond donors (Lipinski definition) is 0. The molecular formula is C16H28O4. The van der Waals surface area contributed by atoms with Crippen LogP contribution in [0.3, 0.4) is 0 Å². The quantitative estimate of drug-likeness (QED) is 0.553. The first-order chi connectivity index (χ1) is 9.67. The molecule has 1 rings (SSSR count). The van der Waals surface area contributed by atoms with Crippen molar-refractivity contribution in [2.75, 3.05) is 13.2 Å². The van der Waals surface area contributed by atoms with Crippen LogP contribution in [-0.4, -0.2) is 25.2 Å². The Bertz CT molecular complexity index is 281. The van der Waals surface area contributed by atoms with Crippen molar-refractivity contribution >= 4 is 11.9 Å². The number of unbranched alkanes of at least 4 members (excludes halogenated alkanes) is 1. The van der Waals surface area contributed by atoms with Gasteiger partial charge in [0.2, 0.25) is 0 Å². The monoisotopic (exact) mass is 284 g/mol. The molecule has 1 fully saturated rings. The zero-order chi connectivity index (χ0) is 14.8. The molecule has 4 nitrogen and oxygen atoms in total. The first kappa shape index (κ1) is 17.0. The number of esters is 2. The third-order valence-electron chi connectivity index (χ3n) is 4.05. The standard InChI is InChI=1S/C16H28O4/c1-3-5-7-13(6-4-2)14-8-10-19-15(17)12-16(18)20-11-9-14/h13-14H,3-12H2,1-2H3. The molecule has 1 aliphatic heterocycles. The number of ether oxygens (including phenoxy) is 2. The first-order valence-corrected chi connectivity index (χ1v) is 7.98. The van der Waals surface area contributed by atoms with Crippen molar-refractivity contribution in [3.05, 3.63) is 0 Å². The summed E-state index contributed by atoms with van der Waals surface area (Å²) in [5, 5.41) is 0. The number of rotatable bonds is 6. The normalized spacial score (nSPS) is 20.1. The Hall–Kier alpha value is -1.06. The lowest BCUT2D eigenvalue weighted by Crippen LogP contribution is -2.24. The second kappa shape index (κ2) is 9.78. The lowest BCUT2D eigenvalue weighted by molar-refractivity contribution is -0.156. The van der Waals surface area contributed by atoms with E-state index in [0.717, 1.165) is 12.8 Å². The summed E-state index contributed by atoms with van der Waals surface area (Å²) in [4.78, 5) is 22.7. The zero-order valence-electron chi connectivity index (χ0n) is 12.9. The fourth-order valence-corrected chi connectivity index (χ4v) is 2.94. The summed E-state index contributed by atoms with van der Waals surface area (Å²) in [6, 6.07) is 0. The van der Waals surface area contributed by atoms with Gasteiger partial charge in [-0.15, -0.1) is 0 Å². The summed E-state index contributed by atoms with van der Waals surface area (Å²) in [6.45, 7) is 5.28. The predicted octanol–water partition coefficient (Wildman–Crippen LogP) is 3.48. The number of carbonyl (C=O) groups excluding carboxylic acids is 2. The molecule has 1 heterocycles. The number of cyclic esters (lactones) is 2. The van der Waals surface area contributed by atoms with Crippen LogP contribution >= 0.6 is 0 Å². The Kier molecular flexibility index (Phi) is 8.31. The maximum Gasteiger partial charge on any atom is 0.317 e. The average Bonchev–Trinajstić information content (AvgIpc) is 2.41. The van der Waals surface area contributed by atoms with Crippen LogP contribution in [0.5, 0.6) is 0 Å². The summed E-state index contributed by atoms with van der Waals surface area (Å²) in [7, 11) is 0. The van der Waals surface area contributed by atoms with E-state index < -0.39 is 11.9 Å². The fourth-order valence-electron chi connectivity index (χ4n) is 2.94.